The summed E-state index contributed by atoms with van der Waals surface area (Å²) in [4.78, 5) is 4.35. The van der Waals surface area contributed by atoms with Crippen molar-refractivity contribution < 1.29 is 17.7 Å². The number of nitrogens with one attached hydrogen (secondary N) is 1. The molecule has 0 aromatic carbocycles. The highest BCUT2D eigenvalue weighted by molar-refractivity contribution is 7.91. The third-order valence-corrected chi connectivity index (χ3v) is 5.20. The molecule has 0 aliphatic carbocycles. The van der Waals surface area contributed by atoms with Gasteiger partial charge in [0.25, 0.3) is 0 Å². The summed E-state index contributed by atoms with van der Waals surface area (Å²) in [5.41, 5.74) is -0.150. The summed E-state index contributed by atoms with van der Waals surface area (Å²) in [5.74, 6) is 1.23. The number of aromatic nitrogens is 2. The van der Waals surface area contributed by atoms with Crippen molar-refractivity contribution in [1.82, 2.24) is 15.5 Å². The lowest BCUT2D eigenvalue weighted by Gasteiger charge is -2.26. The zero-order valence-electron chi connectivity index (χ0n) is 12.9. The molecule has 8 heteroatoms. The quantitative estimate of drug-likeness (QED) is 0.875. The average molecular weight is 317 g/mol. The van der Waals surface area contributed by atoms with Gasteiger partial charge in [-0.05, 0) is 5.41 Å². The summed E-state index contributed by atoms with van der Waals surface area (Å²) in [5, 5.41) is 7.14. The standard InChI is InChI=1S/C13H23N3O4S/c1-13(2,3)11(19-4)12-15-10(20-16-12)7-9-8-21(17,18)6-5-14-9/h9,11,14H,5-8H2,1-4H3. The molecule has 2 rings (SSSR count). The minimum atomic E-state index is -2.97. The molecule has 0 radical (unpaired) electrons. The molecular formula is C13H23N3O4S. The number of hydrogen-bond acceptors (Lipinski definition) is 7. The highest BCUT2D eigenvalue weighted by Gasteiger charge is 2.31. The summed E-state index contributed by atoms with van der Waals surface area (Å²) >= 11 is 0. The molecule has 0 spiro atoms. The Hall–Kier alpha value is -0.990. The Bertz CT molecular complexity index is 576. The third kappa shape index (κ3) is 4.24. The van der Waals surface area contributed by atoms with Gasteiger partial charge in [0.1, 0.15) is 6.10 Å². The van der Waals surface area contributed by atoms with E-state index >= 15 is 0 Å². The van der Waals surface area contributed by atoms with E-state index in [1.807, 2.05) is 20.8 Å². The van der Waals surface area contributed by atoms with Crippen LogP contribution in [0.5, 0.6) is 0 Å². The molecule has 0 bridgehead atoms. The van der Waals surface area contributed by atoms with Gasteiger partial charge >= 0.3 is 0 Å². The van der Waals surface area contributed by atoms with E-state index in [1.165, 1.54) is 0 Å². The fourth-order valence-corrected chi connectivity index (χ4v) is 3.96. The van der Waals surface area contributed by atoms with Crippen LogP contribution in [-0.4, -0.2) is 49.8 Å². The Morgan fingerprint density at radius 1 is 1.48 bits per heavy atom. The molecule has 2 unspecified atom stereocenters. The van der Waals surface area contributed by atoms with Crippen LogP contribution in [0.15, 0.2) is 4.52 Å². The van der Waals surface area contributed by atoms with Crippen molar-refractivity contribution in [1.29, 1.82) is 0 Å². The molecule has 0 amide bonds. The first-order valence-corrected chi connectivity index (χ1v) is 8.82. The van der Waals surface area contributed by atoms with Gasteiger partial charge in [0.05, 0.1) is 11.5 Å². The number of rotatable bonds is 4. The van der Waals surface area contributed by atoms with Gasteiger partial charge in [0.15, 0.2) is 9.84 Å². The first kappa shape index (κ1) is 16.4. The lowest BCUT2D eigenvalue weighted by atomic mass is 9.88. The highest BCUT2D eigenvalue weighted by atomic mass is 32.2. The Balaban J connectivity index is 2.06. The van der Waals surface area contributed by atoms with Gasteiger partial charge in [-0.3, -0.25) is 0 Å². The second-order valence-electron chi connectivity index (χ2n) is 6.50. The molecule has 7 nitrogen and oxygen atoms in total. The monoisotopic (exact) mass is 317 g/mol. The van der Waals surface area contributed by atoms with Crippen LogP contribution in [-0.2, 0) is 21.0 Å². The van der Waals surface area contributed by atoms with Crippen LogP contribution in [0.25, 0.3) is 0 Å². The fraction of sp³-hybridized carbons (Fsp3) is 0.846. The van der Waals surface area contributed by atoms with E-state index in [-0.39, 0.29) is 29.1 Å². The van der Waals surface area contributed by atoms with Crippen molar-refractivity contribution in [2.45, 2.75) is 39.3 Å². The van der Waals surface area contributed by atoms with E-state index in [1.54, 1.807) is 7.11 Å². The molecule has 1 N–H and O–H groups in total. The topological polar surface area (TPSA) is 94.3 Å². The van der Waals surface area contributed by atoms with E-state index in [0.29, 0.717) is 24.7 Å². The summed E-state index contributed by atoms with van der Waals surface area (Å²) in [6.45, 7) is 6.57. The van der Waals surface area contributed by atoms with Crippen molar-refractivity contribution in [3.05, 3.63) is 11.7 Å². The first-order valence-electron chi connectivity index (χ1n) is 7.00. The maximum atomic E-state index is 11.6. The van der Waals surface area contributed by atoms with Crippen molar-refractivity contribution in [3.63, 3.8) is 0 Å². The summed E-state index contributed by atoms with van der Waals surface area (Å²) < 4.78 is 33.9. The number of ether oxygens (including phenoxy) is 1. The van der Waals surface area contributed by atoms with Gasteiger partial charge in [-0.15, -0.1) is 0 Å². The lowest BCUT2D eigenvalue weighted by molar-refractivity contribution is 0.00718. The molecule has 1 aliphatic rings. The van der Waals surface area contributed by atoms with Crippen LogP contribution in [0.1, 0.15) is 38.6 Å². The Labute approximate surface area is 125 Å². The number of sulfone groups is 1. The van der Waals surface area contributed by atoms with E-state index < -0.39 is 9.84 Å². The molecular weight excluding hydrogens is 294 g/mol. The second kappa shape index (κ2) is 6.02. The molecule has 21 heavy (non-hydrogen) atoms. The van der Waals surface area contributed by atoms with Crippen molar-refractivity contribution in [2.24, 2.45) is 5.41 Å². The largest absolute Gasteiger partial charge is 0.373 e. The molecule has 1 saturated heterocycles. The lowest BCUT2D eigenvalue weighted by Crippen LogP contribution is -2.46. The molecule has 2 heterocycles. The summed E-state index contributed by atoms with van der Waals surface area (Å²) in [6.07, 6.45) is 0.144. The smallest absolute Gasteiger partial charge is 0.228 e. The SMILES string of the molecule is COC(c1noc(CC2CS(=O)(=O)CCN2)n1)C(C)(C)C. The van der Waals surface area contributed by atoms with E-state index in [2.05, 4.69) is 15.5 Å². The molecule has 2 atom stereocenters. The molecule has 1 aliphatic heterocycles. The van der Waals surface area contributed by atoms with Gasteiger partial charge < -0.3 is 14.6 Å². The van der Waals surface area contributed by atoms with Crippen LogP contribution in [0, 0.1) is 5.41 Å². The number of methoxy groups -OCH3 is 1. The van der Waals surface area contributed by atoms with Crippen molar-refractivity contribution in [3.8, 4) is 0 Å². The fourth-order valence-electron chi connectivity index (χ4n) is 2.51. The molecule has 120 valence electrons. The maximum Gasteiger partial charge on any atom is 0.228 e. The Kier molecular flexibility index (Phi) is 4.69. The number of nitrogens with zero attached hydrogens (tertiary/aromatic N) is 2. The minimum absolute atomic E-state index is 0.109. The highest BCUT2D eigenvalue weighted by Crippen LogP contribution is 2.33. The molecule has 1 aromatic rings. The van der Waals surface area contributed by atoms with Crippen molar-refractivity contribution >= 4 is 9.84 Å². The Morgan fingerprint density at radius 3 is 2.76 bits per heavy atom. The Morgan fingerprint density at radius 2 is 2.19 bits per heavy atom. The number of hydrogen-bond donors (Lipinski definition) is 1. The maximum absolute atomic E-state index is 11.6. The van der Waals surface area contributed by atoms with Crippen LogP contribution < -0.4 is 5.32 Å². The van der Waals surface area contributed by atoms with Crippen LogP contribution >= 0.6 is 0 Å². The molecule has 0 saturated carbocycles. The van der Waals surface area contributed by atoms with Crippen molar-refractivity contribution in [2.75, 3.05) is 25.2 Å². The van der Waals surface area contributed by atoms with Crippen LogP contribution in [0.2, 0.25) is 0 Å². The van der Waals surface area contributed by atoms with Crippen LogP contribution in [0.4, 0.5) is 0 Å². The van der Waals surface area contributed by atoms with Gasteiger partial charge in [-0.25, -0.2) is 8.42 Å². The van der Waals surface area contributed by atoms with Crippen LogP contribution in [0.3, 0.4) is 0 Å². The summed E-state index contributed by atoms with van der Waals surface area (Å²) in [7, 11) is -1.35. The van der Waals surface area contributed by atoms with E-state index in [9.17, 15) is 8.42 Å². The normalized spacial score (nSPS) is 23.9. The predicted octanol–water partition coefficient (Wildman–Crippen LogP) is 0.732. The summed E-state index contributed by atoms with van der Waals surface area (Å²) in [6, 6.07) is -0.173. The molecule has 1 fully saturated rings. The predicted molar refractivity (Wildman–Crippen MR) is 77.7 cm³/mol. The first-order chi connectivity index (χ1) is 9.71. The minimum Gasteiger partial charge on any atom is -0.373 e. The van der Waals surface area contributed by atoms with E-state index in [4.69, 9.17) is 9.26 Å². The zero-order valence-corrected chi connectivity index (χ0v) is 13.7. The van der Waals surface area contributed by atoms with Gasteiger partial charge in [0.2, 0.25) is 11.7 Å². The van der Waals surface area contributed by atoms with E-state index in [0.717, 1.165) is 0 Å². The van der Waals surface area contributed by atoms with Gasteiger partial charge in [0, 0.05) is 26.1 Å². The van der Waals surface area contributed by atoms with Gasteiger partial charge in [-0.2, -0.15) is 4.98 Å². The average Bonchev–Trinajstić information content (AvgIpc) is 2.75. The molecule has 1 aromatic heterocycles. The van der Waals surface area contributed by atoms with Gasteiger partial charge in [-0.1, -0.05) is 25.9 Å². The second-order valence-corrected chi connectivity index (χ2v) is 8.73. The zero-order chi connectivity index (χ0) is 15.7. The third-order valence-electron chi connectivity index (χ3n) is 3.46.